The lowest BCUT2D eigenvalue weighted by atomic mass is 10.1. The monoisotopic (exact) mass is 418 g/mol. The van der Waals surface area contributed by atoms with E-state index >= 15 is 0 Å². The summed E-state index contributed by atoms with van der Waals surface area (Å²) in [4.78, 5) is 17.1. The number of furan rings is 1. The summed E-state index contributed by atoms with van der Waals surface area (Å²) in [5, 5.41) is 10.0. The van der Waals surface area contributed by atoms with E-state index in [2.05, 4.69) is 20.8 Å². The number of ether oxygens (including phenoxy) is 2. The van der Waals surface area contributed by atoms with Gasteiger partial charge in [-0.1, -0.05) is 23.4 Å². The van der Waals surface area contributed by atoms with Crippen molar-refractivity contribution in [2.24, 2.45) is 0 Å². The van der Waals surface area contributed by atoms with Crippen LogP contribution in [0, 0.1) is 0 Å². The minimum absolute atomic E-state index is 0.206. The summed E-state index contributed by atoms with van der Waals surface area (Å²) >= 11 is 0. The Hall–Kier alpha value is -4.27. The first-order valence-corrected chi connectivity index (χ1v) is 9.62. The fourth-order valence-corrected chi connectivity index (χ4v) is 3.17. The SMILES string of the molecule is O=C(NCc1ccc2c(c1)OCO2)c1ccccc1NCc1nc(-c2ccco2)no1. The highest BCUT2D eigenvalue weighted by Crippen LogP contribution is 2.32. The molecule has 0 spiro atoms. The molecule has 0 atom stereocenters. The molecule has 2 N–H and O–H groups in total. The third-order valence-corrected chi connectivity index (χ3v) is 4.70. The number of para-hydroxylation sites is 1. The average molecular weight is 418 g/mol. The molecule has 5 rings (SSSR count). The number of benzene rings is 2. The molecule has 3 heterocycles. The molecule has 1 aliphatic heterocycles. The molecule has 2 aromatic heterocycles. The summed E-state index contributed by atoms with van der Waals surface area (Å²) in [6.07, 6.45) is 1.54. The Morgan fingerprint density at radius 2 is 1.90 bits per heavy atom. The molecule has 156 valence electrons. The Balaban J connectivity index is 1.23. The van der Waals surface area contributed by atoms with Gasteiger partial charge in [0.15, 0.2) is 17.3 Å². The quantitative estimate of drug-likeness (QED) is 0.468. The fraction of sp³-hybridized carbons (Fsp3) is 0.136. The average Bonchev–Trinajstić information content (AvgIpc) is 3.57. The van der Waals surface area contributed by atoms with Gasteiger partial charge in [0, 0.05) is 12.2 Å². The van der Waals surface area contributed by atoms with Crippen LogP contribution in [0.2, 0.25) is 0 Å². The summed E-state index contributed by atoms with van der Waals surface area (Å²) in [6, 6.07) is 16.3. The Labute approximate surface area is 177 Å². The molecule has 0 saturated heterocycles. The van der Waals surface area contributed by atoms with Gasteiger partial charge in [0.25, 0.3) is 5.91 Å². The third kappa shape index (κ3) is 4.06. The minimum atomic E-state index is -0.206. The van der Waals surface area contributed by atoms with Crippen molar-refractivity contribution in [3.05, 3.63) is 77.9 Å². The summed E-state index contributed by atoms with van der Waals surface area (Å²) < 4.78 is 21.2. The minimum Gasteiger partial charge on any atom is -0.461 e. The number of carbonyl (C=O) groups excluding carboxylic acids is 1. The van der Waals surface area contributed by atoms with Crippen molar-refractivity contribution in [2.75, 3.05) is 12.1 Å². The first kappa shape index (κ1) is 18.7. The highest BCUT2D eigenvalue weighted by molar-refractivity contribution is 5.99. The summed E-state index contributed by atoms with van der Waals surface area (Å²) in [6.45, 7) is 0.841. The molecular weight excluding hydrogens is 400 g/mol. The zero-order valence-electron chi connectivity index (χ0n) is 16.3. The molecule has 4 aromatic rings. The van der Waals surface area contributed by atoms with E-state index in [4.69, 9.17) is 18.4 Å². The third-order valence-electron chi connectivity index (χ3n) is 4.70. The predicted molar refractivity (Wildman–Crippen MR) is 110 cm³/mol. The largest absolute Gasteiger partial charge is 0.461 e. The zero-order valence-corrected chi connectivity index (χ0v) is 16.3. The van der Waals surface area contributed by atoms with E-state index in [1.807, 2.05) is 36.4 Å². The molecule has 0 unspecified atom stereocenters. The number of rotatable bonds is 7. The summed E-state index contributed by atoms with van der Waals surface area (Å²) in [7, 11) is 0. The normalized spacial score (nSPS) is 12.0. The standard InChI is InChI=1S/C22H18N4O5/c27-22(24-11-14-7-8-17-19(10-14)30-13-29-17)15-4-1-2-5-16(15)23-12-20-25-21(26-31-20)18-6-3-9-28-18/h1-10,23H,11-13H2,(H,24,27). The fourth-order valence-electron chi connectivity index (χ4n) is 3.17. The van der Waals surface area contributed by atoms with Gasteiger partial charge in [0.05, 0.1) is 18.4 Å². The molecule has 1 amide bonds. The highest BCUT2D eigenvalue weighted by atomic mass is 16.7. The number of hydrogen-bond acceptors (Lipinski definition) is 8. The lowest BCUT2D eigenvalue weighted by Gasteiger charge is -2.11. The maximum atomic E-state index is 12.8. The molecule has 0 saturated carbocycles. The van der Waals surface area contributed by atoms with E-state index in [-0.39, 0.29) is 19.2 Å². The molecule has 1 aliphatic rings. The van der Waals surface area contributed by atoms with Crippen molar-refractivity contribution in [1.82, 2.24) is 15.5 Å². The number of nitrogens with zero attached hydrogens (tertiary/aromatic N) is 2. The molecule has 2 aromatic carbocycles. The van der Waals surface area contributed by atoms with Crippen molar-refractivity contribution < 1.29 is 23.2 Å². The van der Waals surface area contributed by atoms with Crippen LogP contribution in [0.25, 0.3) is 11.6 Å². The molecule has 0 radical (unpaired) electrons. The number of hydrogen-bond donors (Lipinski definition) is 2. The second-order valence-corrected chi connectivity index (χ2v) is 6.76. The van der Waals surface area contributed by atoms with Crippen LogP contribution in [0.1, 0.15) is 21.8 Å². The zero-order chi connectivity index (χ0) is 21.0. The van der Waals surface area contributed by atoms with E-state index in [1.165, 1.54) is 0 Å². The molecule has 0 bridgehead atoms. The van der Waals surface area contributed by atoms with Crippen LogP contribution in [-0.2, 0) is 13.1 Å². The number of fused-ring (bicyclic) bond motifs is 1. The van der Waals surface area contributed by atoms with Crippen LogP contribution >= 0.6 is 0 Å². The van der Waals surface area contributed by atoms with E-state index < -0.39 is 0 Å². The second kappa shape index (κ2) is 8.23. The van der Waals surface area contributed by atoms with E-state index in [0.29, 0.717) is 46.8 Å². The van der Waals surface area contributed by atoms with Crippen LogP contribution in [-0.4, -0.2) is 22.8 Å². The van der Waals surface area contributed by atoms with Crippen molar-refractivity contribution in [3.63, 3.8) is 0 Å². The summed E-state index contributed by atoms with van der Waals surface area (Å²) in [5.41, 5.74) is 2.08. The van der Waals surface area contributed by atoms with Gasteiger partial charge < -0.3 is 29.0 Å². The molecule has 31 heavy (non-hydrogen) atoms. The molecular formula is C22H18N4O5. The number of amides is 1. The van der Waals surface area contributed by atoms with Gasteiger partial charge in [-0.15, -0.1) is 0 Å². The van der Waals surface area contributed by atoms with Crippen molar-refractivity contribution in [2.45, 2.75) is 13.1 Å². The lowest BCUT2D eigenvalue weighted by molar-refractivity contribution is 0.0951. The highest BCUT2D eigenvalue weighted by Gasteiger charge is 2.16. The second-order valence-electron chi connectivity index (χ2n) is 6.76. The number of aromatic nitrogens is 2. The first-order chi connectivity index (χ1) is 15.3. The number of nitrogens with one attached hydrogen (secondary N) is 2. The number of anilines is 1. The smallest absolute Gasteiger partial charge is 0.253 e. The summed E-state index contributed by atoms with van der Waals surface area (Å²) in [5.74, 6) is 2.46. The van der Waals surface area contributed by atoms with Gasteiger partial charge in [-0.3, -0.25) is 4.79 Å². The van der Waals surface area contributed by atoms with Gasteiger partial charge in [-0.05, 0) is 42.0 Å². The molecule has 0 aliphatic carbocycles. The van der Waals surface area contributed by atoms with Gasteiger partial charge in [0.1, 0.15) is 0 Å². The van der Waals surface area contributed by atoms with Gasteiger partial charge in [-0.2, -0.15) is 4.98 Å². The van der Waals surface area contributed by atoms with Crippen LogP contribution in [0.5, 0.6) is 11.5 Å². The Bertz CT molecular complexity index is 1200. The van der Waals surface area contributed by atoms with Crippen LogP contribution in [0.15, 0.2) is 69.8 Å². The first-order valence-electron chi connectivity index (χ1n) is 9.62. The Kier molecular flexibility index (Phi) is 4.97. The van der Waals surface area contributed by atoms with Crippen molar-refractivity contribution in [1.29, 1.82) is 0 Å². The van der Waals surface area contributed by atoms with Crippen LogP contribution in [0.3, 0.4) is 0 Å². The van der Waals surface area contributed by atoms with E-state index in [9.17, 15) is 4.79 Å². The van der Waals surface area contributed by atoms with Crippen molar-refractivity contribution in [3.8, 4) is 23.1 Å². The van der Waals surface area contributed by atoms with Gasteiger partial charge in [0.2, 0.25) is 18.5 Å². The molecule has 0 fully saturated rings. The number of carbonyl (C=O) groups is 1. The van der Waals surface area contributed by atoms with Crippen LogP contribution < -0.4 is 20.1 Å². The van der Waals surface area contributed by atoms with E-state index in [1.54, 1.807) is 24.5 Å². The van der Waals surface area contributed by atoms with Gasteiger partial charge >= 0.3 is 0 Å². The Morgan fingerprint density at radius 3 is 2.81 bits per heavy atom. The molecule has 9 nitrogen and oxygen atoms in total. The van der Waals surface area contributed by atoms with E-state index in [0.717, 1.165) is 5.56 Å². The van der Waals surface area contributed by atoms with Gasteiger partial charge in [-0.25, -0.2) is 0 Å². The molecule has 9 heteroatoms. The van der Waals surface area contributed by atoms with Crippen LogP contribution in [0.4, 0.5) is 5.69 Å². The Morgan fingerprint density at radius 1 is 1.00 bits per heavy atom. The maximum absolute atomic E-state index is 12.8. The lowest BCUT2D eigenvalue weighted by Crippen LogP contribution is -2.24. The maximum Gasteiger partial charge on any atom is 0.253 e. The predicted octanol–water partition coefficient (Wildman–Crippen LogP) is 3.60. The topological polar surface area (TPSA) is 112 Å². The van der Waals surface area contributed by atoms with Crippen molar-refractivity contribution >= 4 is 11.6 Å².